The highest BCUT2D eigenvalue weighted by molar-refractivity contribution is 5.85. The van der Waals surface area contributed by atoms with Gasteiger partial charge in [0.25, 0.3) is 11.8 Å². The van der Waals surface area contributed by atoms with E-state index in [-0.39, 0.29) is 37.3 Å². The van der Waals surface area contributed by atoms with E-state index in [1.165, 1.54) is 22.8 Å². The number of aromatic nitrogens is 3. The van der Waals surface area contributed by atoms with E-state index in [2.05, 4.69) is 10.2 Å². The molecule has 1 aromatic carbocycles. The van der Waals surface area contributed by atoms with Crippen molar-refractivity contribution in [3.8, 4) is 11.4 Å². The number of H-pyrrole nitrogens is 1. The van der Waals surface area contributed by atoms with Crippen LogP contribution in [0.3, 0.4) is 0 Å². The molecule has 1 amide bonds. The minimum Gasteiger partial charge on any atom is -0.375 e. The fourth-order valence-electron chi connectivity index (χ4n) is 3.30. The molecule has 1 aliphatic rings. The zero-order chi connectivity index (χ0) is 20.7. The summed E-state index contributed by atoms with van der Waals surface area (Å²) in [5.74, 6) is -5.05. The van der Waals surface area contributed by atoms with Crippen molar-refractivity contribution in [1.29, 1.82) is 0 Å². The first kappa shape index (κ1) is 20.1. The highest BCUT2D eigenvalue weighted by Crippen LogP contribution is 2.32. The lowest BCUT2D eigenvalue weighted by atomic mass is 9.95. The van der Waals surface area contributed by atoms with Gasteiger partial charge < -0.3 is 10.0 Å². The van der Waals surface area contributed by atoms with Crippen molar-refractivity contribution in [2.45, 2.75) is 44.3 Å². The van der Waals surface area contributed by atoms with Crippen LogP contribution in [0.15, 0.2) is 29.1 Å². The Hall–Kier alpha value is -2.62. The maximum absolute atomic E-state index is 14.1. The van der Waals surface area contributed by atoms with E-state index in [4.69, 9.17) is 0 Å². The number of halogens is 3. The predicted octanol–water partition coefficient (Wildman–Crippen LogP) is 1.95. The highest BCUT2D eigenvalue weighted by atomic mass is 19.3. The SMILES string of the molecule is CC(F)(F)[C@](C)(O)C(=O)N1CCC(n2c(-c3ccccc3F)n[nH]c2=O)CC1. The minimum absolute atomic E-state index is 0.0735. The van der Waals surface area contributed by atoms with Crippen molar-refractivity contribution in [1.82, 2.24) is 19.7 Å². The number of carbonyl (C=O) groups is 1. The van der Waals surface area contributed by atoms with Gasteiger partial charge in [0.1, 0.15) is 5.82 Å². The predicted molar refractivity (Wildman–Crippen MR) is 94.3 cm³/mol. The largest absolute Gasteiger partial charge is 0.375 e. The topological polar surface area (TPSA) is 91.2 Å². The van der Waals surface area contributed by atoms with Crippen LogP contribution in [0.5, 0.6) is 0 Å². The summed E-state index contributed by atoms with van der Waals surface area (Å²) in [7, 11) is 0. The Bertz CT molecular complexity index is 925. The van der Waals surface area contributed by atoms with Crippen molar-refractivity contribution < 1.29 is 23.1 Å². The highest BCUT2D eigenvalue weighted by Gasteiger charge is 2.52. The zero-order valence-corrected chi connectivity index (χ0v) is 15.5. The average molecular weight is 398 g/mol. The molecule has 1 aromatic heterocycles. The van der Waals surface area contributed by atoms with Crippen LogP contribution in [0.1, 0.15) is 32.7 Å². The van der Waals surface area contributed by atoms with Gasteiger partial charge in [-0.25, -0.2) is 23.1 Å². The summed E-state index contributed by atoms with van der Waals surface area (Å²) in [6.07, 6.45) is 0.552. The van der Waals surface area contributed by atoms with E-state index < -0.39 is 35.0 Å². The summed E-state index contributed by atoms with van der Waals surface area (Å²) in [4.78, 5) is 25.7. The standard InChI is InChI=1S/C18H21F3N4O3/c1-17(28,18(2,20)21)15(26)24-9-7-11(8-10-24)25-14(22-23-16(25)27)12-5-3-4-6-13(12)19/h3-6,11,28H,7-10H2,1-2H3,(H,23,27)/t17-/m1/s1. The van der Waals surface area contributed by atoms with Gasteiger partial charge in [-0.2, -0.15) is 5.10 Å². The van der Waals surface area contributed by atoms with E-state index in [1.807, 2.05) is 0 Å². The van der Waals surface area contributed by atoms with Crippen LogP contribution in [0.2, 0.25) is 0 Å². The number of nitrogens with one attached hydrogen (secondary N) is 1. The van der Waals surface area contributed by atoms with Gasteiger partial charge in [-0.05, 0) is 31.9 Å². The Kier molecular flexibility index (Phi) is 5.09. The van der Waals surface area contributed by atoms with Crippen LogP contribution < -0.4 is 5.69 Å². The van der Waals surface area contributed by atoms with Gasteiger partial charge in [0.15, 0.2) is 5.82 Å². The van der Waals surface area contributed by atoms with Crippen molar-refractivity contribution in [3.05, 3.63) is 40.6 Å². The van der Waals surface area contributed by atoms with Crippen molar-refractivity contribution in [2.24, 2.45) is 0 Å². The summed E-state index contributed by atoms with van der Waals surface area (Å²) >= 11 is 0. The molecule has 3 rings (SSSR count). The second-order valence-electron chi connectivity index (χ2n) is 7.19. The van der Waals surface area contributed by atoms with Crippen molar-refractivity contribution in [3.63, 3.8) is 0 Å². The molecule has 0 radical (unpaired) electrons. The van der Waals surface area contributed by atoms with Gasteiger partial charge in [-0.3, -0.25) is 9.36 Å². The lowest BCUT2D eigenvalue weighted by molar-refractivity contribution is -0.190. The van der Waals surface area contributed by atoms with E-state index in [0.717, 1.165) is 11.8 Å². The number of aliphatic hydroxyl groups is 1. The van der Waals surface area contributed by atoms with Crippen LogP contribution in [0, 0.1) is 5.82 Å². The third-order valence-electron chi connectivity index (χ3n) is 5.21. The smallest absolute Gasteiger partial charge is 0.343 e. The normalized spacial score (nSPS) is 18.1. The molecule has 1 fully saturated rings. The molecule has 1 atom stereocenters. The molecule has 0 bridgehead atoms. The fourth-order valence-corrected chi connectivity index (χ4v) is 3.30. The number of benzene rings is 1. The number of hydrogen-bond donors (Lipinski definition) is 2. The molecule has 2 N–H and O–H groups in total. The Morgan fingerprint density at radius 3 is 2.43 bits per heavy atom. The molecule has 0 aliphatic carbocycles. The molecular formula is C18H21F3N4O3. The second kappa shape index (κ2) is 7.08. The molecule has 10 heteroatoms. The van der Waals surface area contributed by atoms with Crippen LogP contribution >= 0.6 is 0 Å². The van der Waals surface area contributed by atoms with E-state index in [9.17, 15) is 27.9 Å². The van der Waals surface area contributed by atoms with E-state index in [0.29, 0.717) is 6.92 Å². The fraction of sp³-hybridized carbons (Fsp3) is 0.500. The number of piperidine rings is 1. The van der Waals surface area contributed by atoms with Crippen LogP contribution in [0.4, 0.5) is 13.2 Å². The van der Waals surface area contributed by atoms with Gasteiger partial charge >= 0.3 is 5.69 Å². The third-order valence-corrected chi connectivity index (χ3v) is 5.21. The maximum atomic E-state index is 14.1. The zero-order valence-electron chi connectivity index (χ0n) is 15.5. The number of rotatable bonds is 4. The number of nitrogens with zero attached hydrogens (tertiary/aromatic N) is 3. The number of likely N-dealkylation sites (tertiary alicyclic amines) is 1. The lowest BCUT2D eigenvalue weighted by Crippen LogP contribution is -2.58. The summed E-state index contributed by atoms with van der Waals surface area (Å²) < 4.78 is 42.5. The molecule has 1 saturated heterocycles. The monoisotopic (exact) mass is 398 g/mol. The molecule has 2 aromatic rings. The molecule has 0 saturated carbocycles. The molecular weight excluding hydrogens is 377 g/mol. The number of hydrogen-bond acceptors (Lipinski definition) is 4. The van der Waals surface area contributed by atoms with Crippen molar-refractivity contribution in [2.75, 3.05) is 13.1 Å². The first-order valence-corrected chi connectivity index (χ1v) is 8.85. The minimum atomic E-state index is -3.60. The molecule has 1 aliphatic heterocycles. The van der Waals surface area contributed by atoms with Crippen LogP contribution in [0.25, 0.3) is 11.4 Å². The molecule has 0 unspecified atom stereocenters. The summed E-state index contributed by atoms with van der Waals surface area (Å²) in [6, 6.07) is 5.51. The van der Waals surface area contributed by atoms with Gasteiger partial charge in [-0.15, -0.1) is 0 Å². The van der Waals surface area contributed by atoms with Gasteiger partial charge in [0.2, 0.25) is 5.60 Å². The summed E-state index contributed by atoms with van der Waals surface area (Å²) in [5, 5.41) is 16.2. The number of aromatic amines is 1. The Labute approximate surface area is 158 Å². The van der Waals surface area contributed by atoms with E-state index in [1.54, 1.807) is 6.07 Å². The number of carbonyl (C=O) groups excluding carboxylic acids is 1. The number of amides is 1. The molecule has 0 spiro atoms. The van der Waals surface area contributed by atoms with Gasteiger partial charge in [0.05, 0.1) is 5.56 Å². The molecule has 7 nitrogen and oxygen atoms in total. The first-order chi connectivity index (χ1) is 13.0. The second-order valence-corrected chi connectivity index (χ2v) is 7.19. The van der Waals surface area contributed by atoms with Crippen LogP contribution in [-0.4, -0.2) is 55.3 Å². The first-order valence-electron chi connectivity index (χ1n) is 8.85. The lowest BCUT2D eigenvalue weighted by Gasteiger charge is -2.38. The number of alkyl halides is 2. The quantitative estimate of drug-likeness (QED) is 0.824. The molecule has 2 heterocycles. The third kappa shape index (κ3) is 3.44. The van der Waals surface area contributed by atoms with Crippen LogP contribution in [-0.2, 0) is 4.79 Å². The molecule has 152 valence electrons. The summed E-state index contributed by atoms with van der Waals surface area (Å²) in [5.41, 5.74) is -3.17. The van der Waals surface area contributed by atoms with Crippen molar-refractivity contribution >= 4 is 5.91 Å². The van der Waals surface area contributed by atoms with Gasteiger partial charge in [0, 0.05) is 26.1 Å². The van der Waals surface area contributed by atoms with Gasteiger partial charge in [-0.1, -0.05) is 12.1 Å². The Morgan fingerprint density at radius 1 is 1.25 bits per heavy atom. The van der Waals surface area contributed by atoms with E-state index >= 15 is 0 Å². The average Bonchev–Trinajstić information content (AvgIpc) is 3.02. The molecule has 28 heavy (non-hydrogen) atoms. The Morgan fingerprint density at radius 2 is 1.86 bits per heavy atom. The maximum Gasteiger partial charge on any atom is 0.343 e. The summed E-state index contributed by atoms with van der Waals surface area (Å²) in [6.45, 7) is 1.43. The Balaban J connectivity index is 1.80.